The Morgan fingerprint density at radius 3 is 2.00 bits per heavy atom. The van der Waals surface area contributed by atoms with Crippen molar-refractivity contribution in [3.63, 3.8) is 0 Å². The van der Waals surface area contributed by atoms with Gasteiger partial charge in [-0.15, -0.1) is 11.6 Å². The highest BCUT2D eigenvalue weighted by molar-refractivity contribution is 6.21. The van der Waals surface area contributed by atoms with Crippen LogP contribution in [0.1, 0.15) is 30.4 Å². The molecule has 0 aliphatic rings. The molecular formula is C12H14ClF3. The van der Waals surface area contributed by atoms with Crippen LogP contribution in [0.2, 0.25) is 0 Å². The van der Waals surface area contributed by atoms with E-state index in [1.165, 1.54) is 12.1 Å². The van der Waals surface area contributed by atoms with E-state index in [9.17, 15) is 13.2 Å². The number of benzene rings is 1. The predicted octanol–water partition coefficient (Wildman–Crippen LogP) is 4.73. The lowest BCUT2D eigenvalue weighted by molar-refractivity contribution is -0.131. The highest BCUT2D eigenvalue weighted by Crippen LogP contribution is 2.37. The van der Waals surface area contributed by atoms with E-state index in [2.05, 4.69) is 13.8 Å². The van der Waals surface area contributed by atoms with Crippen LogP contribution < -0.4 is 0 Å². The van der Waals surface area contributed by atoms with Crippen molar-refractivity contribution in [2.45, 2.75) is 31.8 Å². The Morgan fingerprint density at radius 1 is 1.12 bits per heavy atom. The van der Waals surface area contributed by atoms with Gasteiger partial charge in [-0.3, -0.25) is 0 Å². The Morgan fingerprint density at radius 2 is 1.62 bits per heavy atom. The van der Waals surface area contributed by atoms with Crippen LogP contribution in [0.25, 0.3) is 0 Å². The van der Waals surface area contributed by atoms with Gasteiger partial charge in [-0.05, 0) is 23.5 Å². The zero-order chi connectivity index (χ0) is 12.3. The summed E-state index contributed by atoms with van der Waals surface area (Å²) in [6.45, 7) is 4.13. The van der Waals surface area contributed by atoms with Crippen molar-refractivity contribution in [3.8, 4) is 0 Å². The van der Waals surface area contributed by atoms with Gasteiger partial charge in [0.2, 0.25) is 0 Å². The first kappa shape index (κ1) is 13.4. The zero-order valence-corrected chi connectivity index (χ0v) is 9.94. The summed E-state index contributed by atoms with van der Waals surface area (Å²) >= 11 is 5.32. The van der Waals surface area contributed by atoms with Crippen molar-refractivity contribution in [2.75, 3.05) is 0 Å². The molecule has 0 aromatic heterocycles. The number of alkyl halides is 4. The summed E-state index contributed by atoms with van der Waals surface area (Å²) in [5.41, 5.74) is 1.13. The normalized spacial score (nSPS) is 14.2. The van der Waals surface area contributed by atoms with Crippen LogP contribution in [-0.2, 0) is 6.42 Å². The van der Waals surface area contributed by atoms with Crippen LogP contribution in [0.4, 0.5) is 13.2 Å². The first-order valence-electron chi connectivity index (χ1n) is 5.10. The summed E-state index contributed by atoms with van der Waals surface area (Å²) in [7, 11) is 0. The monoisotopic (exact) mass is 250 g/mol. The van der Waals surface area contributed by atoms with Crippen LogP contribution in [0.15, 0.2) is 24.3 Å². The summed E-state index contributed by atoms with van der Waals surface area (Å²) < 4.78 is 36.9. The second-order valence-electron chi connectivity index (χ2n) is 4.24. The number of halogens is 4. The van der Waals surface area contributed by atoms with Gasteiger partial charge in [-0.25, -0.2) is 0 Å². The van der Waals surface area contributed by atoms with Gasteiger partial charge in [0.1, 0.15) is 0 Å². The molecule has 0 N–H and O–H groups in total. The molecule has 90 valence electrons. The highest BCUT2D eigenvalue weighted by atomic mass is 35.5. The molecule has 1 unspecified atom stereocenters. The Hall–Kier alpha value is -0.700. The number of hydrogen-bond donors (Lipinski definition) is 0. The van der Waals surface area contributed by atoms with E-state index < -0.39 is 11.6 Å². The lowest BCUT2D eigenvalue weighted by atomic mass is 10.0. The highest BCUT2D eigenvalue weighted by Gasteiger charge is 2.39. The summed E-state index contributed by atoms with van der Waals surface area (Å²) in [5.74, 6) is 0.486. The molecule has 0 saturated carbocycles. The quantitative estimate of drug-likeness (QED) is 0.681. The van der Waals surface area contributed by atoms with E-state index in [0.717, 1.165) is 12.0 Å². The maximum absolute atomic E-state index is 12.3. The minimum absolute atomic E-state index is 0.0988. The summed E-state index contributed by atoms with van der Waals surface area (Å²) in [6.07, 6.45) is -3.53. The SMILES string of the molecule is CC(C)Cc1ccc(C(Cl)C(F)(F)F)cc1. The molecule has 0 radical (unpaired) electrons. The molecule has 0 spiro atoms. The molecule has 16 heavy (non-hydrogen) atoms. The molecule has 0 amide bonds. The predicted molar refractivity (Wildman–Crippen MR) is 59.6 cm³/mol. The van der Waals surface area contributed by atoms with Gasteiger partial charge in [-0.1, -0.05) is 38.1 Å². The van der Waals surface area contributed by atoms with Gasteiger partial charge in [0, 0.05) is 0 Å². The van der Waals surface area contributed by atoms with E-state index in [0.29, 0.717) is 5.92 Å². The van der Waals surface area contributed by atoms with Crippen molar-refractivity contribution in [1.29, 1.82) is 0 Å². The third-order valence-corrected chi connectivity index (χ3v) is 2.70. The summed E-state index contributed by atoms with van der Waals surface area (Å²) in [5, 5.41) is -1.92. The number of hydrogen-bond acceptors (Lipinski definition) is 0. The Labute approximate surface area is 98.4 Å². The average molecular weight is 251 g/mol. The second-order valence-corrected chi connectivity index (χ2v) is 4.68. The van der Waals surface area contributed by atoms with Crippen molar-refractivity contribution >= 4 is 11.6 Å². The van der Waals surface area contributed by atoms with E-state index in [-0.39, 0.29) is 5.56 Å². The maximum Gasteiger partial charge on any atom is 0.408 e. The standard InChI is InChI=1S/C12H14ClF3/c1-8(2)7-9-3-5-10(6-4-9)11(13)12(14,15)16/h3-6,8,11H,7H2,1-2H3. The van der Waals surface area contributed by atoms with Crippen molar-refractivity contribution in [3.05, 3.63) is 35.4 Å². The van der Waals surface area contributed by atoms with Gasteiger partial charge >= 0.3 is 6.18 Å². The Balaban J connectivity index is 2.79. The minimum Gasteiger partial charge on any atom is -0.169 e. The fraction of sp³-hybridized carbons (Fsp3) is 0.500. The smallest absolute Gasteiger partial charge is 0.169 e. The van der Waals surface area contributed by atoms with Gasteiger partial charge in [0.05, 0.1) is 0 Å². The number of rotatable bonds is 3. The van der Waals surface area contributed by atoms with E-state index in [1.54, 1.807) is 12.1 Å². The Kier molecular flexibility index (Phi) is 4.25. The lowest BCUT2D eigenvalue weighted by Gasteiger charge is -2.14. The van der Waals surface area contributed by atoms with E-state index >= 15 is 0 Å². The third kappa shape index (κ3) is 3.71. The van der Waals surface area contributed by atoms with Crippen LogP contribution in [0.5, 0.6) is 0 Å². The third-order valence-electron chi connectivity index (χ3n) is 2.20. The van der Waals surface area contributed by atoms with Crippen molar-refractivity contribution < 1.29 is 13.2 Å². The topological polar surface area (TPSA) is 0 Å². The fourth-order valence-electron chi connectivity index (χ4n) is 1.48. The van der Waals surface area contributed by atoms with Gasteiger partial charge < -0.3 is 0 Å². The molecule has 1 aromatic rings. The average Bonchev–Trinajstić information content (AvgIpc) is 2.15. The van der Waals surface area contributed by atoms with Gasteiger partial charge in [0.25, 0.3) is 0 Å². The lowest BCUT2D eigenvalue weighted by Crippen LogP contribution is -2.15. The largest absolute Gasteiger partial charge is 0.408 e. The van der Waals surface area contributed by atoms with Crippen molar-refractivity contribution in [1.82, 2.24) is 0 Å². The van der Waals surface area contributed by atoms with Gasteiger partial charge in [0.15, 0.2) is 5.38 Å². The molecule has 0 aliphatic carbocycles. The first-order chi connectivity index (χ1) is 7.30. The molecule has 0 fully saturated rings. The van der Waals surface area contributed by atoms with Crippen molar-refractivity contribution in [2.24, 2.45) is 5.92 Å². The minimum atomic E-state index is -4.39. The molecule has 4 heteroatoms. The zero-order valence-electron chi connectivity index (χ0n) is 9.18. The molecular weight excluding hydrogens is 237 g/mol. The van der Waals surface area contributed by atoms with E-state index in [4.69, 9.17) is 11.6 Å². The Bertz CT molecular complexity index is 327. The molecule has 0 nitrogen and oxygen atoms in total. The van der Waals surface area contributed by atoms with E-state index in [1.807, 2.05) is 0 Å². The molecule has 0 heterocycles. The van der Waals surface area contributed by atoms with Crippen LogP contribution in [-0.4, -0.2) is 6.18 Å². The summed E-state index contributed by atoms with van der Waals surface area (Å²) in [4.78, 5) is 0. The maximum atomic E-state index is 12.3. The summed E-state index contributed by atoms with van der Waals surface area (Å²) in [6, 6.07) is 6.30. The molecule has 0 bridgehead atoms. The van der Waals surface area contributed by atoms with Crippen LogP contribution in [0.3, 0.4) is 0 Å². The first-order valence-corrected chi connectivity index (χ1v) is 5.54. The fourth-order valence-corrected chi connectivity index (χ4v) is 1.63. The molecule has 0 saturated heterocycles. The second kappa shape index (κ2) is 5.09. The molecule has 1 rings (SSSR count). The molecule has 1 aromatic carbocycles. The molecule has 1 atom stereocenters. The molecule has 0 aliphatic heterocycles. The van der Waals surface area contributed by atoms with Crippen LogP contribution >= 0.6 is 11.6 Å². The van der Waals surface area contributed by atoms with Gasteiger partial charge in [-0.2, -0.15) is 13.2 Å². The van der Waals surface area contributed by atoms with Crippen LogP contribution in [0, 0.1) is 5.92 Å².